The molecule has 0 aromatic rings. The molecule has 4 heteroatoms. The Morgan fingerprint density at radius 2 is 1.59 bits per heavy atom. The molecular weight excluding hydrogens is 358 g/mol. The van der Waals surface area contributed by atoms with Gasteiger partial charge in [-0.1, -0.05) is 64.0 Å². The summed E-state index contributed by atoms with van der Waals surface area (Å²) in [5.74, 6) is 1.36. The number of likely N-dealkylation sites (N-methyl/N-ethyl adjacent to an activating group) is 1. The van der Waals surface area contributed by atoms with Crippen molar-refractivity contribution >= 4 is 11.7 Å². The molecule has 1 N–H and O–H groups in total. The summed E-state index contributed by atoms with van der Waals surface area (Å²) in [6.45, 7) is 11.2. The first-order valence-electron chi connectivity index (χ1n) is 12.4. The molecular formula is C25H48N3O+. The summed E-state index contributed by atoms with van der Waals surface area (Å²) in [6.07, 6.45) is 21.9. The molecule has 0 saturated heterocycles. The van der Waals surface area contributed by atoms with Gasteiger partial charge in [0.05, 0.1) is 13.1 Å². The maximum atomic E-state index is 11.5. The van der Waals surface area contributed by atoms with Crippen LogP contribution in [0.5, 0.6) is 0 Å². The molecule has 0 aliphatic carbocycles. The van der Waals surface area contributed by atoms with Gasteiger partial charge in [0.25, 0.3) is 0 Å². The first kappa shape index (κ1) is 25.9. The Bertz CT molecular complexity index is 500. The second kappa shape index (κ2) is 15.6. The highest BCUT2D eigenvalue weighted by atomic mass is 16.1. The standard InChI is InChI=1S/C25H47N3O/c1-5-7-8-9-10-11-12-13-14-15-16-17-18-19-20-25-26-21-22-28(25,6-2)23(3)27-24(4)29/h10-11,23H,5-9,12-22H2,1-4H3/p+1/b11-10+. The Kier molecular flexibility index (Phi) is 14.0. The van der Waals surface area contributed by atoms with E-state index in [9.17, 15) is 4.79 Å². The molecule has 1 aliphatic rings. The number of allylic oxidation sites excluding steroid dienone is 2. The summed E-state index contributed by atoms with van der Waals surface area (Å²) in [5, 5.41) is 3.11. The van der Waals surface area contributed by atoms with Crippen molar-refractivity contribution in [2.45, 2.75) is 117 Å². The third-order valence-electron chi connectivity index (χ3n) is 6.44. The first-order chi connectivity index (χ1) is 14.1. The summed E-state index contributed by atoms with van der Waals surface area (Å²) >= 11 is 0. The number of nitrogens with zero attached hydrogens (tertiary/aromatic N) is 2. The van der Waals surface area contributed by atoms with Crippen molar-refractivity contribution in [3.63, 3.8) is 0 Å². The normalized spacial score (nSPS) is 20.2. The molecule has 0 fully saturated rings. The van der Waals surface area contributed by atoms with E-state index in [1.54, 1.807) is 6.92 Å². The van der Waals surface area contributed by atoms with Crippen LogP contribution in [0.2, 0.25) is 0 Å². The van der Waals surface area contributed by atoms with Gasteiger partial charge in [-0.2, -0.15) is 0 Å². The van der Waals surface area contributed by atoms with Crippen LogP contribution in [0, 0.1) is 0 Å². The van der Waals surface area contributed by atoms with E-state index in [-0.39, 0.29) is 12.1 Å². The summed E-state index contributed by atoms with van der Waals surface area (Å²) in [7, 11) is 0. The Labute approximate surface area is 180 Å². The molecule has 1 amide bonds. The summed E-state index contributed by atoms with van der Waals surface area (Å²) in [4.78, 5) is 16.3. The van der Waals surface area contributed by atoms with Crippen LogP contribution >= 0.6 is 0 Å². The number of carbonyl (C=O) groups excluding carboxylic acids is 1. The van der Waals surface area contributed by atoms with E-state index in [2.05, 4.69) is 38.2 Å². The SMILES string of the molecule is CCCCC/C=C/CCCCCCCCCC1=NCC[N+]1(CC)C(C)NC(C)=O. The van der Waals surface area contributed by atoms with Crippen molar-refractivity contribution in [2.24, 2.45) is 4.99 Å². The number of amides is 1. The topological polar surface area (TPSA) is 41.5 Å². The van der Waals surface area contributed by atoms with Crippen LogP contribution in [0.3, 0.4) is 0 Å². The molecule has 0 aromatic carbocycles. The molecule has 0 saturated carbocycles. The van der Waals surface area contributed by atoms with Crippen molar-refractivity contribution in [1.82, 2.24) is 5.32 Å². The number of hydrogen-bond donors (Lipinski definition) is 1. The molecule has 2 unspecified atom stereocenters. The van der Waals surface area contributed by atoms with Crippen LogP contribution in [0.1, 0.15) is 111 Å². The molecule has 4 nitrogen and oxygen atoms in total. The van der Waals surface area contributed by atoms with Crippen LogP contribution in [-0.2, 0) is 4.79 Å². The predicted octanol–water partition coefficient (Wildman–Crippen LogP) is 6.36. The van der Waals surface area contributed by atoms with Gasteiger partial charge < -0.3 is 5.32 Å². The highest BCUT2D eigenvalue weighted by Gasteiger charge is 2.41. The summed E-state index contributed by atoms with van der Waals surface area (Å²) in [5.41, 5.74) is 0. The number of nitrogens with one attached hydrogen (secondary N) is 1. The minimum Gasteiger partial charge on any atom is -0.307 e. The lowest BCUT2D eigenvalue weighted by Crippen LogP contribution is -2.62. The third kappa shape index (κ3) is 9.93. The Morgan fingerprint density at radius 3 is 2.17 bits per heavy atom. The van der Waals surface area contributed by atoms with E-state index in [0.717, 1.165) is 30.5 Å². The van der Waals surface area contributed by atoms with Crippen molar-refractivity contribution in [3.8, 4) is 0 Å². The van der Waals surface area contributed by atoms with Gasteiger partial charge in [0.2, 0.25) is 5.91 Å². The molecule has 1 aliphatic heterocycles. The molecule has 0 radical (unpaired) electrons. The van der Waals surface area contributed by atoms with E-state index < -0.39 is 0 Å². The van der Waals surface area contributed by atoms with Gasteiger partial charge in [0.1, 0.15) is 6.54 Å². The number of hydrogen-bond acceptors (Lipinski definition) is 2. The fourth-order valence-corrected chi connectivity index (χ4v) is 4.56. The maximum absolute atomic E-state index is 11.5. The van der Waals surface area contributed by atoms with E-state index in [1.165, 1.54) is 82.9 Å². The van der Waals surface area contributed by atoms with Crippen LogP contribution < -0.4 is 5.32 Å². The molecule has 0 bridgehead atoms. The van der Waals surface area contributed by atoms with Crippen LogP contribution in [-0.4, -0.2) is 42.0 Å². The number of aliphatic imine (C=N–C) groups is 1. The molecule has 0 spiro atoms. The van der Waals surface area contributed by atoms with Crippen LogP contribution in [0.4, 0.5) is 0 Å². The molecule has 29 heavy (non-hydrogen) atoms. The van der Waals surface area contributed by atoms with Crippen LogP contribution in [0.25, 0.3) is 0 Å². The molecule has 1 heterocycles. The predicted molar refractivity (Wildman–Crippen MR) is 126 cm³/mol. The lowest BCUT2D eigenvalue weighted by Gasteiger charge is -2.39. The van der Waals surface area contributed by atoms with Crippen LogP contribution in [0.15, 0.2) is 17.1 Å². The van der Waals surface area contributed by atoms with Gasteiger partial charge >= 0.3 is 0 Å². The number of quaternary nitrogens is 1. The van der Waals surface area contributed by atoms with Crippen molar-refractivity contribution in [2.75, 3.05) is 19.6 Å². The fourth-order valence-electron chi connectivity index (χ4n) is 4.56. The minimum atomic E-state index is 0.0571. The highest BCUT2D eigenvalue weighted by Crippen LogP contribution is 2.23. The fraction of sp³-hybridized carbons (Fsp3) is 0.840. The third-order valence-corrected chi connectivity index (χ3v) is 6.44. The molecule has 168 valence electrons. The second-order valence-corrected chi connectivity index (χ2v) is 8.73. The monoisotopic (exact) mass is 406 g/mol. The average molecular weight is 407 g/mol. The average Bonchev–Trinajstić information content (AvgIpc) is 3.12. The quantitative estimate of drug-likeness (QED) is 0.170. The van der Waals surface area contributed by atoms with Gasteiger partial charge in [-0.15, -0.1) is 0 Å². The number of carbonyl (C=O) groups is 1. The van der Waals surface area contributed by atoms with E-state index >= 15 is 0 Å². The largest absolute Gasteiger partial charge is 0.307 e. The zero-order chi connectivity index (χ0) is 21.4. The van der Waals surface area contributed by atoms with Crippen molar-refractivity contribution < 1.29 is 9.28 Å². The van der Waals surface area contributed by atoms with Crippen molar-refractivity contribution in [3.05, 3.63) is 12.2 Å². The zero-order valence-electron chi connectivity index (χ0n) is 19.8. The Hall–Kier alpha value is -1.16. The van der Waals surface area contributed by atoms with Gasteiger partial charge in [-0.25, -0.2) is 4.99 Å². The van der Waals surface area contributed by atoms with E-state index in [1.807, 2.05) is 0 Å². The first-order valence-corrected chi connectivity index (χ1v) is 12.4. The van der Waals surface area contributed by atoms with Gasteiger partial charge in [0, 0.05) is 20.3 Å². The van der Waals surface area contributed by atoms with Gasteiger partial charge in [0.15, 0.2) is 12.0 Å². The van der Waals surface area contributed by atoms with E-state index in [0.29, 0.717) is 0 Å². The summed E-state index contributed by atoms with van der Waals surface area (Å²) < 4.78 is 0.853. The molecule has 1 rings (SSSR count). The summed E-state index contributed by atoms with van der Waals surface area (Å²) in [6, 6.07) is 0. The van der Waals surface area contributed by atoms with Gasteiger partial charge in [-0.3, -0.25) is 9.28 Å². The van der Waals surface area contributed by atoms with E-state index in [4.69, 9.17) is 4.99 Å². The lowest BCUT2D eigenvalue weighted by molar-refractivity contribution is -0.861. The van der Waals surface area contributed by atoms with Crippen molar-refractivity contribution in [1.29, 1.82) is 0 Å². The van der Waals surface area contributed by atoms with Gasteiger partial charge in [-0.05, 0) is 39.0 Å². The Morgan fingerprint density at radius 1 is 1.00 bits per heavy atom. The maximum Gasteiger partial charge on any atom is 0.221 e. The lowest BCUT2D eigenvalue weighted by atomic mass is 10.1. The minimum absolute atomic E-state index is 0.0571. The number of rotatable bonds is 17. The number of unbranched alkanes of at least 4 members (excludes halogenated alkanes) is 10. The molecule has 2 atom stereocenters. The number of amidine groups is 1. The second-order valence-electron chi connectivity index (χ2n) is 8.73. The zero-order valence-corrected chi connectivity index (χ0v) is 19.8. The Balaban J connectivity index is 2.10. The smallest absolute Gasteiger partial charge is 0.221 e. The highest BCUT2D eigenvalue weighted by molar-refractivity contribution is 5.78. The molecule has 0 aromatic heterocycles.